The van der Waals surface area contributed by atoms with Gasteiger partial charge in [-0.3, -0.25) is 19.5 Å². The van der Waals surface area contributed by atoms with Crippen molar-refractivity contribution in [3.8, 4) is 0 Å². The number of benzene rings is 2. The van der Waals surface area contributed by atoms with Crippen molar-refractivity contribution in [2.75, 3.05) is 38.5 Å². The topological polar surface area (TPSA) is 65.5 Å². The molecule has 0 spiro atoms. The molecule has 0 bridgehead atoms. The molecule has 220 valence electrons. The number of rotatable bonds is 9. The number of nitrogens with one attached hydrogen (secondary N) is 1. The van der Waals surface area contributed by atoms with E-state index in [0.717, 1.165) is 58.4 Å². The first kappa shape index (κ1) is 29.7. The van der Waals surface area contributed by atoms with E-state index in [2.05, 4.69) is 15.2 Å². The molecule has 1 saturated heterocycles. The number of aryl methyl sites for hydroxylation is 1. The second-order valence-corrected chi connectivity index (χ2v) is 11.3. The zero-order valence-electron chi connectivity index (χ0n) is 24.1. The van der Waals surface area contributed by atoms with Crippen LogP contribution in [0.1, 0.15) is 56.4 Å². The van der Waals surface area contributed by atoms with Gasteiger partial charge in [0.15, 0.2) is 11.6 Å². The van der Waals surface area contributed by atoms with Gasteiger partial charge < -0.3 is 10.2 Å². The summed E-state index contributed by atoms with van der Waals surface area (Å²) in [5.41, 5.74) is 5.61. The highest BCUT2D eigenvalue weighted by Gasteiger charge is 2.34. The minimum absolute atomic E-state index is 0.00139. The van der Waals surface area contributed by atoms with E-state index in [4.69, 9.17) is 0 Å². The average molecular weight is 577 g/mol. The van der Waals surface area contributed by atoms with Crippen molar-refractivity contribution in [1.29, 1.82) is 0 Å². The Hall–Kier alpha value is -3.82. The van der Waals surface area contributed by atoms with Crippen LogP contribution in [0, 0.1) is 6.92 Å². The van der Waals surface area contributed by atoms with Gasteiger partial charge in [0.2, 0.25) is 0 Å². The van der Waals surface area contributed by atoms with Crippen LogP contribution in [-0.2, 0) is 36.9 Å². The highest BCUT2D eigenvalue weighted by atomic mass is 19.4. The Morgan fingerprint density at radius 2 is 1.76 bits per heavy atom. The summed E-state index contributed by atoms with van der Waals surface area (Å²) < 4.78 is 42.1. The molecule has 0 saturated carbocycles. The molecule has 0 radical (unpaired) electrons. The molecule has 2 aliphatic rings. The van der Waals surface area contributed by atoms with Gasteiger partial charge in [-0.1, -0.05) is 30.3 Å². The zero-order valence-corrected chi connectivity index (χ0v) is 24.1. The van der Waals surface area contributed by atoms with Crippen LogP contribution in [0.2, 0.25) is 0 Å². The van der Waals surface area contributed by atoms with E-state index < -0.39 is 11.7 Å². The maximum Gasteiger partial charge on any atom is 0.416 e. The SMILES string of the molecule is CC(=O)C1=Cc2cc(NCc3cc(CC(=O)c4ccc(CN5CCN(C)CC5)c(C(F)(F)F)c4)ccc3C)cnc2C1. The Bertz CT molecular complexity index is 1540. The number of hydrogen-bond donors (Lipinski definition) is 1. The van der Waals surface area contributed by atoms with E-state index >= 15 is 0 Å². The van der Waals surface area contributed by atoms with Crippen LogP contribution in [-0.4, -0.2) is 59.6 Å². The molecule has 0 unspecified atom stereocenters. The summed E-state index contributed by atoms with van der Waals surface area (Å²) in [6, 6.07) is 11.6. The van der Waals surface area contributed by atoms with E-state index in [-0.39, 0.29) is 35.7 Å². The Morgan fingerprint density at radius 1 is 1.00 bits per heavy atom. The van der Waals surface area contributed by atoms with Gasteiger partial charge in [0.25, 0.3) is 0 Å². The molecule has 2 heterocycles. The second-order valence-electron chi connectivity index (χ2n) is 11.3. The molecule has 1 aliphatic heterocycles. The van der Waals surface area contributed by atoms with Crippen molar-refractivity contribution in [2.24, 2.45) is 0 Å². The zero-order chi connectivity index (χ0) is 30.0. The van der Waals surface area contributed by atoms with Gasteiger partial charge in [-0.2, -0.15) is 13.2 Å². The molecule has 0 amide bonds. The van der Waals surface area contributed by atoms with Crippen LogP contribution < -0.4 is 5.32 Å². The van der Waals surface area contributed by atoms with Crippen molar-refractivity contribution >= 4 is 23.3 Å². The van der Waals surface area contributed by atoms with Crippen molar-refractivity contribution < 1.29 is 22.8 Å². The second kappa shape index (κ2) is 12.2. The quantitative estimate of drug-likeness (QED) is 0.329. The van der Waals surface area contributed by atoms with Crippen LogP contribution in [0.15, 0.2) is 54.2 Å². The number of likely N-dealkylation sites (N-methyl/N-ethyl adjacent to an activating group) is 1. The van der Waals surface area contributed by atoms with E-state index in [1.165, 1.54) is 12.1 Å². The van der Waals surface area contributed by atoms with E-state index in [1.54, 1.807) is 13.1 Å². The molecule has 1 aliphatic carbocycles. The molecule has 1 fully saturated rings. The largest absolute Gasteiger partial charge is 0.416 e. The lowest BCUT2D eigenvalue weighted by molar-refractivity contribution is -0.138. The number of anilines is 1. The Balaban J connectivity index is 1.27. The number of Topliss-reactive ketones (excluding diaryl/α,β-unsaturated/α-hetero) is 2. The molecule has 2 aromatic carbocycles. The number of nitrogens with zero attached hydrogens (tertiary/aromatic N) is 3. The molecule has 0 atom stereocenters. The molecule has 5 rings (SSSR count). The number of ketones is 2. The Labute approximate surface area is 244 Å². The predicted molar refractivity (Wildman–Crippen MR) is 157 cm³/mol. The van der Waals surface area contributed by atoms with Crippen LogP contribution in [0.3, 0.4) is 0 Å². The Morgan fingerprint density at radius 3 is 2.48 bits per heavy atom. The van der Waals surface area contributed by atoms with Gasteiger partial charge in [-0.05, 0) is 66.9 Å². The summed E-state index contributed by atoms with van der Waals surface area (Å²) in [5, 5.41) is 3.36. The predicted octanol–water partition coefficient (Wildman–Crippen LogP) is 5.72. The first-order valence-electron chi connectivity index (χ1n) is 14.1. The van der Waals surface area contributed by atoms with Gasteiger partial charge >= 0.3 is 6.18 Å². The summed E-state index contributed by atoms with van der Waals surface area (Å²) >= 11 is 0. The van der Waals surface area contributed by atoms with Gasteiger partial charge in [0.05, 0.1) is 23.1 Å². The molecule has 1 N–H and O–H groups in total. The van der Waals surface area contributed by atoms with Gasteiger partial charge in [0, 0.05) is 63.2 Å². The molecular formula is C33H35F3N4O2. The Kier molecular flexibility index (Phi) is 8.61. The lowest BCUT2D eigenvalue weighted by atomic mass is 9.96. The fourth-order valence-corrected chi connectivity index (χ4v) is 5.43. The third-order valence-electron chi connectivity index (χ3n) is 8.13. The van der Waals surface area contributed by atoms with E-state index in [9.17, 15) is 22.8 Å². The molecule has 1 aromatic heterocycles. The molecule has 3 aromatic rings. The van der Waals surface area contributed by atoms with Crippen molar-refractivity contribution in [1.82, 2.24) is 14.8 Å². The van der Waals surface area contributed by atoms with Crippen LogP contribution in [0.25, 0.3) is 6.08 Å². The minimum Gasteiger partial charge on any atom is -0.380 e. The summed E-state index contributed by atoms with van der Waals surface area (Å²) in [5.74, 6) is -0.314. The molecule has 6 nitrogen and oxygen atoms in total. The fourth-order valence-electron chi connectivity index (χ4n) is 5.43. The first-order valence-corrected chi connectivity index (χ1v) is 14.1. The lowest BCUT2D eigenvalue weighted by Crippen LogP contribution is -2.44. The maximum absolute atomic E-state index is 14.0. The van der Waals surface area contributed by atoms with Crippen molar-refractivity contribution in [3.05, 3.63) is 98.9 Å². The van der Waals surface area contributed by atoms with Crippen LogP contribution >= 0.6 is 0 Å². The van der Waals surface area contributed by atoms with E-state index in [0.29, 0.717) is 26.1 Å². The number of allylic oxidation sites excluding steroid dienone is 1. The van der Waals surface area contributed by atoms with Crippen LogP contribution in [0.5, 0.6) is 0 Å². The average Bonchev–Trinajstić information content (AvgIpc) is 3.38. The van der Waals surface area contributed by atoms with Crippen molar-refractivity contribution in [2.45, 2.75) is 46.0 Å². The normalized spacial score (nSPS) is 15.8. The molecule has 42 heavy (non-hydrogen) atoms. The summed E-state index contributed by atoms with van der Waals surface area (Å²) in [6.45, 7) is 7.26. The number of carbonyl (C=O) groups excluding carboxylic acids is 2. The monoisotopic (exact) mass is 576 g/mol. The molecule has 9 heteroatoms. The number of piperazine rings is 1. The van der Waals surface area contributed by atoms with Gasteiger partial charge in [-0.25, -0.2) is 0 Å². The summed E-state index contributed by atoms with van der Waals surface area (Å²) in [4.78, 5) is 33.5. The number of aromatic nitrogens is 1. The number of carbonyl (C=O) groups is 2. The standard InChI is InChI=1S/C33H35F3N4O2/c1-21-4-5-23(12-28(21)18-37-29-15-27-14-26(22(2)41)17-31(27)38-19-29)13-32(42)24-6-7-25(30(16-24)33(34,35)36)20-40-10-8-39(3)9-11-40/h4-7,12,14-16,19,37H,8-11,13,17-18,20H2,1-3H3. The third kappa shape index (κ3) is 6.97. The van der Waals surface area contributed by atoms with E-state index in [1.807, 2.05) is 49.2 Å². The summed E-state index contributed by atoms with van der Waals surface area (Å²) in [6.07, 6.45) is -0.387. The first-order chi connectivity index (χ1) is 20.0. The number of hydrogen-bond acceptors (Lipinski definition) is 6. The van der Waals surface area contributed by atoms with Gasteiger partial charge in [-0.15, -0.1) is 0 Å². The van der Waals surface area contributed by atoms with Gasteiger partial charge in [0.1, 0.15) is 0 Å². The highest BCUT2D eigenvalue weighted by molar-refractivity contribution is 6.00. The third-order valence-corrected chi connectivity index (χ3v) is 8.13. The van der Waals surface area contributed by atoms with Crippen LogP contribution in [0.4, 0.5) is 18.9 Å². The molecular weight excluding hydrogens is 541 g/mol. The maximum atomic E-state index is 14.0. The number of fused-ring (bicyclic) bond motifs is 1. The number of halogens is 3. The smallest absolute Gasteiger partial charge is 0.380 e. The summed E-state index contributed by atoms with van der Waals surface area (Å²) in [7, 11) is 2.00. The minimum atomic E-state index is -4.54. The lowest BCUT2D eigenvalue weighted by Gasteiger charge is -2.33. The number of alkyl halides is 3. The fraction of sp³-hybridized carbons (Fsp3) is 0.364. The highest BCUT2D eigenvalue weighted by Crippen LogP contribution is 2.34. The number of pyridine rings is 1. The van der Waals surface area contributed by atoms with Crippen molar-refractivity contribution in [3.63, 3.8) is 0 Å².